The number of hydrogen-bond donors (Lipinski definition) is 0. The highest BCUT2D eigenvalue weighted by atomic mass is 79.9. The number of aromatic nitrogens is 1. The lowest BCUT2D eigenvalue weighted by Gasteiger charge is -2.04. The summed E-state index contributed by atoms with van der Waals surface area (Å²) in [7, 11) is 0. The van der Waals surface area contributed by atoms with Gasteiger partial charge in [0.15, 0.2) is 0 Å². The van der Waals surface area contributed by atoms with E-state index in [9.17, 15) is 0 Å². The molecule has 0 saturated carbocycles. The minimum absolute atomic E-state index is 1.04. The Bertz CT molecular complexity index is 440. The van der Waals surface area contributed by atoms with Crippen LogP contribution < -0.4 is 0 Å². The van der Waals surface area contributed by atoms with Crippen molar-refractivity contribution in [3.8, 4) is 11.1 Å². The van der Waals surface area contributed by atoms with Gasteiger partial charge in [-0.25, -0.2) is 0 Å². The maximum absolute atomic E-state index is 3.97. The largest absolute Gasteiger partial charge is 0.254 e. The molecule has 69 valence electrons. The van der Waals surface area contributed by atoms with E-state index in [4.69, 9.17) is 0 Å². The zero-order valence-corrected chi connectivity index (χ0v) is 10.3. The first-order chi connectivity index (χ1) is 6.79. The van der Waals surface area contributed by atoms with Gasteiger partial charge < -0.3 is 0 Å². The molecule has 0 fully saturated rings. The van der Waals surface area contributed by atoms with Crippen LogP contribution in [0.2, 0.25) is 0 Å². The minimum Gasteiger partial charge on any atom is -0.254 e. The standard InChI is InChI=1S/C11H6Br2N/c12-10-5-1-4-9(11(10)13)8-3-2-6-14-7-8/h1-5,7H. The fourth-order valence-corrected chi connectivity index (χ4v) is 2.07. The lowest BCUT2D eigenvalue weighted by molar-refractivity contribution is 1.31. The molecular formula is C11H6Br2N. The van der Waals surface area contributed by atoms with Crippen LogP contribution in [0.1, 0.15) is 0 Å². The van der Waals surface area contributed by atoms with Gasteiger partial charge in [0.2, 0.25) is 0 Å². The van der Waals surface area contributed by atoms with Gasteiger partial charge in [-0.1, -0.05) is 18.2 Å². The van der Waals surface area contributed by atoms with Crippen molar-refractivity contribution in [3.63, 3.8) is 0 Å². The van der Waals surface area contributed by atoms with E-state index in [0.29, 0.717) is 0 Å². The van der Waals surface area contributed by atoms with E-state index in [1.807, 2.05) is 30.3 Å². The molecule has 0 N–H and O–H groups in total. The second kappa shape index (κ2) is 4.24. The number of nitrogens with zero attached hydrogens (tertiary/aromatic N) is 1. The number of halogens is 2. The first-order valence-electron chi connectivity index (χ1n) is 4.05. The van der Waals surface area contributed by atoms with Crippen molar-refractivity contribution in [1.29, 1.82) is 0 Å². The van der Waals surface area contributed by atoms with Gasteiger partial charge in [0.05, 0.1) is 6.20 Å². The average Bonchev–Trinajstić information content (AvgIpc) is 2.23. The number of benzene rings is 1. The SMILES string of the molecule is Brc1cccc(-c2cc[c]nc2)c1Br. The van der Waals surface area contributed by atoms with Gasteiger partial charge in [-0.05, 0) is 49.6 Å². The van der Waals surface area contributed by atoms with Crippen molar-refractivity contribution in [3.05, 3.63) is 51.7 Å². The third-order valence-corrected chi connectivity index (χ3v) is 3.93. The minimum atomic E-state index is 1.04. The van der Waals surface area contributed by atoms with E-state index in [1.54, 1.807) is 6.20 Å². The lowest BCUT2D eigenvalue weighted by atomic mass is 10.1. The first kappa shape index (κ1) is 9.87. The van der Waals surface area contributed by atoms with Crippen LogP contribution >= 0.6 is 31.9 Å². The molecule has 0 amide bonds. The smallest absolute Gasteiger partial charge is 0.0886 e. The summed E-state index contributed by atoms with van der Waals surface area (Å²) >= 11 is 7.00. The van der Waals surface area contributed by atoms with Gasteiger partial charge in [0, 0.05) is 20.7 Å². The Morgan fingerprint density at radius 1 is 1.14 bits per heavy atom. The van der Waals surface area contributed by atoms with Crippen LogP contribution in [-0.2, 0) is 0 Å². The van der Waals surface area contributed by atoms with Crippen LogP contribution in [0.3, 0.4) is 0 Å². The Morgan fingerprint density at radius 2 is 2.00 bits per heavy atom. The van der Waals surface area contributed by atoms with E-state index >= 15 is 0 Å². The fraction of sp³-hybridized carbons (Fsp3) is 0. The lowest BCUT2D eigenvalue weighted by Crippen LogP contribution is -1.81. The van der Waals surface area contributed by atoms with Crippen molar-refractivity contribution in [2.24, 2.45) is 0 Å². The Labute approximate surface area is 99.4 Å². The summed E-state index contributed by atoms with van der Waals surface area (Å²) in [5.41, 5.74) is 2.21. The predicted octanol–water partition coefficient (Wildman–Crippen LogP) is 4.07. The highest BCUT2D eigenvalue weighted by Gasteiger charge is 2.04. The van der Waals surface area contributed by atoms with Crippen LogP contribution in [0.15, 0.2) is 45.5 Å². The third-order valence-electron chi connectivity index (χ3n) is 1.88. The van der Waals surface area contributed by atoms with Crippen LogP contribution in [-0.4, -0.2) is 4.98 Å². The molecule has 0 aliphatic rings. The van der Waals surface area contributed by atoms with Gasteiger partial charge in [-0.15, -0.1) is 0 Å². The Morgan fingerprint density at radius 3 is 2.71 bits per heavy atom. The molecule has 3 heteroatoms. The summed E-state index contributed by atoms with van der Waals surface area (Å²) in [6.45, 7) is 0. The molecule has 1 aromatic carbocycles. The Balaban J connectivity index is 2.58. The maximum Gasteiger partial charge on any atom is 0.0886 e. The van der Waals surface area contributed by atoms with Crippen molar-refractivity contribution < 1.29 is 0 Å². The molecule has 1 nitrogen and oxygen atoms in total. The molecule has 2 aromatic rings. The zero-order chi connectivity index (χ0) is 9.97. The van der Waals surface area contributed by atoms with Gasteiger partial charge in [0.25, 0.3) is 0 Å². The topological polar surface area (TPSA) is 12.9 Å². The molecule has 2 rings (SSSR count). The zero-order valence-electron chi connectivity index (χ0n) is 7.17. The van der Waals surface area contributed by atoms with Gasteiger partial charge in [-0.2, -0.15) is 0 Å². The Kier molecular flexibility index (Phi) is 2.99. The molecule has 1 aromatic heterocycles. The van der Waals surface area contributed by atoms with E-state index < -0.39 is 0 Å². The molecule has 1 radical (unpaired) electrons. The normalized spacial score (nSPS) is 10.1. The van der Waals surface area contributed by atoms with Crippen LogP contribution in [0, 0.1) is 6.20 Å². The number of hydrogen-bond acceptors (Lipinski definition) is 1. The average molecular weight is 312 g/mol. The van der Waals surface area contributed by atoms with Crippen molar-refractivity contribution in [2.75, 3.05) is 0 Å². The number of rotatable bonds is 1. The summed E-state index contributed by atoms with van der Waals surface area (Å²) in [4.78, 5) is 3.97. The monoisotopic (exact) mass is 310 g/mol. The maximum atomic E-state index is 3.97. The highest BCUT2D eigenvalue weighted by molar-refractivity contribution is 9.13. The molecule has 0 bridgehead atoms. The molecular weight excluding hydrogens is 306 g/mol. The predicted molar refractivity (Wildman–Crippen MR) is 63.9 cm³/mol. The summed E-state index contributed by atoms with van der Waals surface area (Å²) in [6, 6.07) is 9.84. The molecule has 0 atom stereocenters. The van der Waals surface area contributed by atoms with E-state index in [1.165, 1.54) is 0 Å². The van der Waals surface area contributed by atoms with Gasteiger partial charge >= 0.3 is 0 Å². The van der Waals surface area contributed by atoms with Crippen LogP contribution in [0.5, 0.6) is 0 Å². The first-order valence-corrected chi connectivity index (χ1v) is 5.64. The van der Waals surface area contributed by atoms with Gasteiger partial charge in [-0.3, -0.25) is 4.98 Å². The van der Waals surface area contributed by atoms with E-state index in [0.717, 1.165) is 20.1 Å². The van der Waals surface area contributed by atoms with Crippen LogP contribution in [0.25, 0.3) is 11.1 Å². The molecule has 0 unspecified atom stereocenters. The highest BCUT2D eigenvalue weighted by Crippen LogP contribution is 2.33. The summed E-state index contributed by atoms with van der Waals surface area (Å²) in [6.07, 6.45) is 4.56. The van der Waals surface area contributed by atoms with E-state index in [-0.39, 0.29) is 0 Å². The number of pyridine rings is 1. The molecule has 0 aliphatic heterocycles. The van der Waals surface area contributed by atoms with Gasteiger partial charge in [0.1, 0.15) is 0 Å². The van der Waals surface area contributed by atoms with Crippen molar-refractivity contribution in [2.45, 2.75) is 0 Å². The molecule has 0 spiro atoms. The summed E-state index contributed by atoms with van der Waals surface area (Å²) in [5, 5.41) is 0. The summed E-state index contributed by atoms with van der Waals surface area (Å²) < 4.78 is 2.09. The molecule has 0 saturated heterocycles. The third kappa shape index (κ3) is 1.88. The Hall–Kier alpha value is -0.670. The second-order valence-electron chi connectivity index (χ2n) is 2.78. The summed E-state index contributed by atoms with van der Waals surface area (Å²) in [5.74, 6) is 0. The fourth-order valence-electron chi connectivity index (χ4n) is 1.21. The second-order valence-corrected chi connectivity index (χ2v) is 4.42. The molecule has 14 heavy (non-hydrogen) atoms. The van der Waals surface area contributed by atoms with Crippen molar-refractivity contribution in [1.82, 2.24) is 4.98 Å². The van der Waals surface area contributed by atoms with E-state index in [2.05, 4.69) is 43.0 Å². The van der Waals surface area contributed by atoms with Crippen LogP contribution in [0.4, 0.5) is 0 Å². The molecule has 1 heterocycles. The quantitative estimate of drug-likeness (QED) is 0.773. The molecule has 0 aliphatic carbocycles. The van der Waals surface area contributed by atoms with Crippen molar-refractivity contribution >= 4 is 31.9 Å².